The van der Waals surface area contributed by atoms with Crippen LogP contribution in [0.15, 0.2) is 41.2 Å². The first-order valence-corrected chi connectivity index (χ1v) is 8.73. The smallest absolute Gasteiger partial charge is 0.335 e. The van der Waals surface area contributed by atoms with Gasteiger partial charge in [-0.3, -0.25) is 20.0 Å². The van der Waals surface area contributed by atoms with Crippen molar-refractivity contribution in [1.29, 1.82) is 0 Å². The number of aromatic hydroxyl groups is 1. The van der Waals surface area contributed by atoms with Crippen LogP contribution in [0, 0.1) is 10.1 Å². The average molecular weight is 411 g/mol. The van der Waals surface area contributed by atoms with E-state index in [1.807, 2.05) is 0 Å². The molecule has 0 saturated carbocycles. The minimum absolute atomic E-state index is 0.0133. The maximum Gasteiger partial charge on any atom is 0.335 e. The molecule has 3 rings (SSSR count). The summed E-state index contributed by atoms with van der Waals surface area (Å²) in [5.74, 6) is -1.85. The number of H-pyrrole nitrogens is 1. The highest BCUT2D eigenvalue weighted by Crippen LogP contribution is 2.39. The first-order valence-electron chi connectivity index (χ1n) is 8.73. The van der Waals surface area contributed by atoms with E-state index in [0.717, 1.165) is 4.68 Å². The number of nitrogens with zero attached hydrogens (tertiary/aromatic N) is 2. The number of carboxylic acid groups (broad SMARTS) is 1. The number of rotatable bonds is 6. The summed E-state index contributed by atoms with van der Waals surface area (Å²) in [5.41, 5.74) is -0.784. The quantitative estimate of drug-likeness (QED) is 0.406. The third-order valence-electron chi connectivity index (χ3n) is 4.27. The van der Waals surface area contributed by atoms with Gasteiger partial charge in [-0.05, 0) is 43.3 Å². The Bertz CT molecular complexity index is 1320. The molecular formula is C20H17N3O7. The lowest BCUT2D eigenvalue weighted by molar-refractivity contribution is -0.386. The van der Waals surface area contributed by atoms with E-state index in [0.29, 0.717) is 0 Å². The van der Waals surface area contributed by atoms with E-state index in [4.69, 9.17) is 9.84 Å². The molecule has 0 amide bonds. The Kier molecular flexibility index (Phi) is 5.41. The highest BCUT2D eigenvalue weighted by Gasteiger charge is 2.24. The van der Waals surface area contributed by atoms with Gasteiger partial charge in [0.05, 0.1) is 38.9 Å². The van der Waals surface area contributed by atoms with Crippen LogP contribution >= 0.6 is 0 Å². The Morgan fingerprint density at radius 3 is 2.73 bits per heavy atom. The van der Waals surface area contributed by atoms with Crippen LogP contribution in [0.2, 0.25) is 0 Å². The molecule has 0 spiro atoms. The lowest BCUT2D eigenvalue weighted by Crippen LogP contribution is -2.34. The topological polar surface area (TPSA) is 148 Å². The number of ether oxygens (including phenoxy) is 1. The predicted molar refractivity (Wildman–Crippen MR) is 108 cm³/mol. The summed E-state index contributed by atoms with van der Waals surface area (Å²) in [6.45, 7) is 5.46. The number of carbonyl (C=O) groups is 1. The molecule has 0 radical (unpaired) electrons. The molecule has 0 aliphatic heterocycles. The van der Waals surface area contributed by atoms with Gasteiger partial charge in [0.2, 0.25) is 5.75 Å². The molecular weight excluding hydrogens is 394 g/mol. The molecule has 1 heterocycles. The number of aromatic nitrogens is 2. The zero-order valence-corrected chi connectivity index (χ0v) is 15.8. The molecule has 0 saturated heterocycles. The molecule has 0 fully saturated rings. The Labute approximate surface area is 168 Å². The van der Waals surface area contributed by atoms with Gasteiger partial charge in [0, 0.05) is 0 Å². The molecule has 0 bridgehead atoms. The average Bonchev–Trinajstić information content (AvgIpc) is 2.98. The molecule has 3 aromatic rings. The molecule has 0 unspecified atom stereocenters. The van der Waals surface area contributed by atoms with E-state index in [-0.39, 0.29) is 39.7 Å². The number of hydrogen-bond donors (Lipinski definition) is 3. The zero-order valence-electron chi connectivity index (χ0n) is 15.8. The molecule has 3 N–H and O–H groups in total. The Morgan fingerprint density at radius 1 is 1.37 bits per heavy atom. The van der Waals surface area contributed by atoms with Crippen molar-refractivity contribution in [1.82, 2.24) is 9.78 Å². The van der Waals surface area contributed by atoms with Crippen LogP contribution in [0.3, 0.4) is 0 Å². The van der Waals surface area contributed by atoms with E-state index in [2.05, 4.69) is 11.7 Å². The highest BCUT2D eigenvalue weighted by molar-refractivity contribution is 5.88. The fourth-order valence-corrected chi connectivity index (χ4v) is 2.93. The van der Waals surface area contributed by atoms with Gasteiger partial charge in [-0.15, -0.1) is 0 Å². The predicted octanol–water partition coefficient (Wildman–Crippen LogP) is 1.12. The number of benzene rings is 2. The minimum Gasteiger partial charge on any atom is -0.504 e. The fraction of sp³-hybridized carbons (Fsp3) is 0.100. The molecule has 2 aromatic carbocycles. The molecule has 0 aliphatic carbocycles. The molecule has 30 heavy (non-hydrogen) atoms. The summed E-state index contributed by atoms with van der Waals surface area (Å²) in [4.78, 5) is 35.0. The minimum atomic E-state index is -1.15. The van der Waals surface area contributed by atoms with Crippen LogP contribution in [0.1, 0.15) is 22.8 Å². The van der Waals surface area contributed by atoms with Gasteiger partial charge in [-0.2, -0.15) is 0 Å². The van der Waals surface area contributed by atoms with Crippen LogP contribution in [0.5, 0.6) is 11.5 Å². The second-order valence-electron chi connectivity index (χ2n) is 6.19. The lowest BCUT2D eigenvalue weighted by atomic mass is 10.1. The molecule has 10 nitrogen and oxygen atoms in total. The van der Waals surface area contributed by atoms with E-state index >= 15 is 0 Å². The number of phenols is 1. The number of carboxylic acids is 1. The molecule has 1 aromatic heterocycles. The molecule has 0 aliphatic rings. The number of aromatic carboxylic acids is 1. The third kappa shape index (κ3) is 3.65. The van der Waals surface area contributed by atoms with Gasteiger partial charge < -0.3 is 14.9 Å². The zero-order chi connectivity index (χ0) is 22.0. The first kappa shape index (κ1) is 20.4. The third-order valence-corrected chi connectivity index (χ3v) is 4.27. The van der Waals surface area contributed by atoms with Crippen LogP contribution in [-0.4, -0.2) is 37.5 Å². The van der Waals surface area contributed by atoms with Gasteiger partial charge in [0.1, 0.15) is 0 Å². The largest absolute Gasteiger partial charge is 0.504 e. The highest BCUT2D eigenvalue weighted by atomic mass is 16.6. The van der Waals surface area contributed by atoms with Crippen LogP contribution < -0.4 is 20.9 Å². The monoisotopic (exact) mass is 411 g/mol. The van der Waals surface area contributed by atoms with Crippen LogP contribution in [0.25, 0.3) is 18.3 Å². The Morgan fingerprint density at radius 2 is 2.10 bits per heavy atom. The van der Waals surface area contributed by atoms with Gasteiger partial charge >= 0.3 is 11.7 Å². The van der Waals surface area contributed by atoms with Crippen molar-refractivity contribution in [3.05, 3.63) is 78.6 Å². The maximum atomic E-state index is 12.9. The van der Waals surface area contributed by atoms with Gasteiger partial charge in [0.15, 0.2) is 5.75 Å². The van der Waals surface area contributed by atoms with Crippen molar-refractivity contribution in [3.63, 3.8) is 0 Å². The van der Waals surface area contributed by atoms with Crippen LogP contribution in [0.4, 0.5) is 5.69 Å². The van der Waals surface area contributed by atoms with Crippen molar-refractivity contribution in [3.8, 4) is 17.2 Å². The van der Waals surface area contributed by atoms with Crippen molar-refractivity contribution in [2.75, 3.05) is 6.61 Å². The van der Waals surface area contributed by atoms with Crippen LogP contribution in [-0.2, 0) is 0 Å². The van der Waals surface area contributed by atoms with E-state index < -0.39 is 27.9 Å². The number of nitrogens with one attached hydrogen (secondary N) is 1. The van der Waals surface area contributed by atoms with E-state index in [9.17, 15) is 24.8 Å². The van der Waals surface area contributed by atoms with Crippen molar-refractivity contribution < 1.29 is 24.7 Å². The maximum absolute atomic E-state index is 12.9. The molecule has 154 valence electrons. The van der Waals surface area contributed by atoms with Gasteiger partial charge in [-0.1, -0.05) is 12.6 Å². The Hall–Kier alpha value is -4.34. The fourth-order valence-electron chi connectivity index (χ4n) is 2.93. The Balaban J connectivity index is 2.25. The summed E-state index contributed by atoms with van der Waals surface area (Å²) in [5, 5.41) is 33.6. The number of nitro groups is 1. The summed E-state index contributed by atoms with van der Waals surface area (Å²) >= 11 is 0. The van der Waals surface area contributed by atoms with E-state index in [1.54, 1.807) is 6.92 Å². The van der Waals surface area contributed by atoms with Gasteiger partial charge in [-0.25, -0.2) is 9.48 Å². The summed E-state index contributed by atoms with van der Waals surface area (Å²) in [6.07, 6.45) is 1.26. The second kappa shape index (κ2) is 7.95. The summed E-state index contributed by atoms with van der Waals surface area (Å²) in [6, 6.07) is 8.22. The molecule has 10 heteroatoms. The van der Waals surface area contributed by atoms with Crippen molar-refractivity contribution >= 4 is 24.3 Å². The number of nitro benzene ring substituents is 1. The standard InChI is InChI=1S/C20H17N3O7/c1-3-30-18-16(24)8-7-12(17(18)23(28)29)10-15-11(2)21-22(19(15)25)14-6-4-5-13(9-14)20(26)27/h4-10,21,24H,2-3H2,1H3,(H,26,27)/b15-10-. The van der Waals surface area contributed by atoms with E-state index in [1.165, 1.54) is 42.5 Å². The number of aromatic amines is 1. The second-order valence-corrected chi connectivity index (χ2v) is 6.19. The summed E-state index contributed by atoms with van der Waals surface area (Å²) < 4.78 is 6.30. The lowest BCUT2D eigenvalue weighted by Gasteiger charge is -2.08. The molecule has 0 atom stereocenters. The van der Waals surface area contributed by atoms with Crippen molar-refractivity contribution in [2.45, 2.75) is 6.92 Å². The SMILES string of the molecule is C=c1[nH]n(-c2cccc(C(=O)O)c2)c(=O)/c1=C\c1ccc(O)c(OCC)c1[N+](=O)[O-]. The number of phenolic OH excluding ortho intramolecular Hbond substituents is 1. The number of hydrogen-bond acceptors (Lipinski definition) is 6. The summed E-state index contributed by atoms with van der Waals surface area (Å²) in [7, 11) is 0. The van der Waals surface area contributed by atoms with Crippen molar-refractivity contribution in [2.24, 2.45) is 0 Å². The van der Waals surface area contributed by atoms with Gasteiger partial charge in [0.25, 0.3) is 5.56 Å². The normalized spacial score (nSPS) is 11.4. The first-order chi connectivity index (χ1) is 14.2.